The van der Waals surface area contributed by atoms with Crippen LogP contribution in [0.25, 0.3) is 0 Å². The van der Waals surface area contributed by atoms with Crippen LogP contribution in [-0.2, 0) is 9.84 Å². The molecule has 0 bridgehead atoms. The van der Waals surface area contributed by atoms with Crippen LogP contribution in [0, 0.1) is 18.6 Å². The van der Waals surface area contributed by atoms with Crippen molar-refractivity contribution in [2.75, 3.05) is 12.3 Å². The molecular formula is C15H21F2NO2S. The number of aryl methyl sites for hydroxylation is 1. The van der Waals surface area contributed by atoms with E-state index in [4.69, 9.17) is 0 Å². The van der Waals surface area contributed by atoms with Gasteiger partial charge in [-0.1, -0.05) is 13.3 Å². The van der Waals surface area contributed by atoms with Crippen LogP contribution in [0.15, 0.2) is 12.1 Å². The molecule has 2 rings (SSSR count). The monoisotopic (exact) mass is 317 g/mol. The van der Waals surface area contributed by atoms with Gasteiger partial charge in [-0.2, -0.15) is 0 Å². The number of hydrogen-bond donors (Lipinski definition) is 1. The van der Waals surface area contributed by atoms with Crippen LogP contribution in [-0.4, -0.2) is 26.0 Å². The maximum Gasteiger partial charge on any atom is 0.155 e. The summed E-state index contributed by atoms with van der Waals surface area (Å²) in [5.41, 5.74) is 0.327. The Morgan fingerprint density at radius 3 is 2.62 bits per heavy atom. The first kappa shape index (κ1) is 16.4. The second kappa shape index (κ2) is 6.40. The molecule has 2 atom stereocenters. The van der Waals surface area contributed by atoms with Gasteiger partial charge in [0.1, 0.15) is 11.6 Å². The van der Waals surface area contributed by atoms with E-state index < -0.39 is 32.8 Å². The zero-order valence-corrected chi connectivity index (χ0v) is 13.1. The second-order valence-corrected chi connectivity index (χ2v) is 7.90. The Morgan fingerprint density at radius 1 is 1.29 bits per heavy atom. The Balaban J connectivity index is 2.46. The van der Waals surface area contributed by atoms with Gasteiger partial charge >= 0.3 is 0 Å². The highest BCUT2D eigenvalue weighted by Gasteiger charge is 2.37. The molecule has 0 aromatic heterocycles. The summed E-state index contributed by atoms with van der Waals surface area (Å²) >= 11 is 0. The Kier molecular flexibility index (Phi) is 4.99. The van der Waals surface area contributed by atoms with Gasteiger partial charge in [0.05, 0.1) is 17.0 Å². The summed E-state index contributed by atoms with van der Waals surface area (Å²) in [5, 5.41) is 2.33. The molecule has 1 saturated heterocycles. The average molecular weight is 317 g/mol. The van der Waals surface area contributed by atoms with Gasteiger partial charge in [-0.05, 0) is 44.0 Å². The highest BCUT2D eigenvalue weighted by atomic mass is 32.2. The minimum atomic E-state index is -3.28. The van der Waals surface area contributed by atoms with Gasteiger partial charge in [-0.3, -0.25) is 0 Å². The van der Waals surface area contributed by atoms with Crippen molar-refractivity contribution in [1.82, 2.24) is 5.32 Å². The van der Waals surface area contributed by atoms with Crippen LogP contribution in [0.1, 0.15) is 43.4 Å². The van der Waals surface area contributed by atoms with E-state index in [2.05, 4.69) is 5.32 Å². The van der Waals surface area contributed by atoms with Crippen LogP contribution < -0.4 is 5.32 Å². The van der Waals surface area contributed by atoms with E-state index >= 15 is 0 Å². The fourth-order valence-corrected chi connectivity index (χ4v) is 5.01. The largest absolute Gasteiger partial charge is 0.309 e. The fourth-order valence-electron chi connectivity index (χ4n) is 2.92. The molecule has 1 N–H and O–H groups in total. The molecule has 1 fully saturated rings. The number of halogens is 2. The second-order valence-electron chi connectivity index (χ2n) is 5.56. The normalized spacial score (nSPS) is 23.0. The third kappa shape index (κ3) is 3.43. The Labute approximate surface area is 124 Å². The molecule has 0 saturated carbocycles. The maximum absolute atomic E-state index is 14.2. The lowest BCUT2D eigenvalue weighted by Gasteiger charge is -2.31. The molecule has 118 valence electrons. The Bertz CT molecular complexity index is 616. The molecule has 3 nitrogen and oxygen atoms in total. The van der Waals surface area contributed by atoms with Crippen molar-refractivity contribution in [2.24, 2.45) is 0 Å². The van der Waals surface area contributed by atoms with E-state index in [1.807, 2.05) is 6.92 Å². The van der Waals surface area contributed by atoms with Gasteiger partial charge in [0.15, 0.2) is 9.84 Å². The lowest BCUT2D eigenvalue weighted by molar-refractivity contribution is 0.437. The average Bonchev–Trinajstić information content (AvgIpc) is 2.41. The summed E-state index contributed by atoms with van der Waals surface area (Å²) < 4.78 is 52.5. The lowest BCUT2D eigenvalue weighted by atomic mass is 9.97. The minimum Gasteiger partial charge on any atom is -0.309 e. The van der Waals surface area contributed by atoms with Crippen molar-refractivity contribution in [3.8, 4) is 0 Å². The van der Waals surface area contributed by atoms with Gasteiger partial charge < -0.3 is 5.32 Å². The van der Waals surface area contributed by atoms with E-state index in [1.54, 1.807) is 0 Å². The zero-order valence-electron chi connectivity index (χ0n) is 12.3. The van der Waals surface area contributed by atoms with Crippen LogP contribution >= 0.6 is 0 Å². The predicted octanol–water partition coefficient (Wildman–Crippen LogP) is 2.89. The maximum atomic E-state index is 14.2. The molecule has 1 aromatic rings. The molecule has 1 aliphatic rings. The molecule has 0 spiro atoms. The van der Waals surface area contributed by atoms with Crippen LogP contribution in [0.2, 0.25) is 0 Å². The van der Waals surface area contributed by atoms with Gasteiger partial charge in [0, 0.05) is 5.56 Å². The summed E-state index contributed by atoms with van der Waals surface area (Å²) in [6, 6.07) is 1.56. The third-order valence-electron chi connectivity index (χ3n) is 4.04. The van der Waals surface area contributed by atoms with Gasteiger partial charge in [-0.25, -0.2) is 17.2 Å². The van der Waals surface area contributed by atoms with Crippen LogP contribution in [0.5, 0.6) is 0 Å². The number of sulfone groups is 1. The van der Waals surface area contributed by atoms with E-state index in [9.17, 15) is 17.2 Å². The number of benzene rings is 1. The topological polar surface area (TPSA) is 46.2 Å². The summed E-state index contributed by atoms with van der Waals surface area (Å²) in [6.45, 7) is 3.80. The molecule has 1 aromatic carbocycles. The zero-order chi connectivity index (χ0) is 15.6. The smallest absolute Gasteiger partial charge is 0.155 e. The first-order chi connectivity index (χ1) is 9.86. The first-order valence-corrected chi connectivity index (χ1v) is 8.99. The molecule has 2 unspecified atom stereocenters. The van der Waals surface area contributed by atoms with Gasteiger partial charge in [-0.15, -0.1) is 0 Å². The molecule has 1 aliphatic heterocycles. The highest BCUT2D eigenvalue weighted by molar-refractivity contribution is 7.92. The Hall–Kier alpha value is -1.01. The number of nitrogens with one attached hydrogen (secondary N) is 1. The van der Waals surface area contributed by atoms with Crippen LogP contribution in [0.4, 0.5) is 8.78 Å². The van der Waals surface area contributed by atoms with Crippen molar-refractivity contribution in [3.05, 3.63) is 34.9 Å². The molecule has 0 radical (unpaired) electrons. The minimum absolute atomic E-state index is 0.107. The first-order valence-electron chi connectivity index (χ1n) is 7.27. The number of hydrogen-bond acceptors (Lipinski definition) is 3. The Morgan fingerprint density at radius 2 is 2.00 bits per heavy atom. The van der Waals surface area contributed by atoms with Crippen molar-refractivity contribution in [2.45, 2.75) is 44.4 Å². The van der Waals surface area contributed by atoms with Gasteiger partial charge in [0.25, 0.3) is 0 Å². The molecular weight excluding hydrogens is 296 g/mol. The van der Waals surface area contributed by atoms with Crippen molar-refractivity contribution >= 4 is 9.84 Å². The third-order valence-corrected chi connectivity index (χ3v) is 6.33. The molecule has 0 aliphatic carbocycles. The molecule has 6 heteroatoms. The van der Waals surface area contributed by atoms with Crippen LogP contribution in [0.3, 0.4) is 0 Å². The molecule has 0 amide bonds. The predicted molar refractivity (Wildman–Crippen MR) is 78.9 cm³/mol. The van der Waals surface area contributed by atoms with E-state index in [1.165, 1.54) is 6.92 Å². The summed E-state index contributed by atoms with van der Waals surface area (Å²) in [4.78, 5) is 0. The van der Waals surface area contributed by atoms with E-state index in [0.717, 1.165) is 18.6 Å². The van der Waals surface area contributed by atoms with Crippen molar-refractivity contribution in [1.29, 1.82) is 0 Å². The summed E-state index contributed by atoms with van der Waals surface area (Å²) in [6.07, 6.45) is 1.92. The highest BCUT2D eigenvalue weighted by Crippen LogP contribution is 2.32. The quantitative estimate of drug-likeness (QED) is 0.929. The molecule has 1 heterocycles. The summed E-state index contributed by atoms with van der Waals surface area (Å²) in [5.74, 6) is -0.946. The fraction of sp³-hybridized carbons (Fsp3) is 0.600. The van der Waals surface area contributed by atoms with Crippen molar-refractivity contribution in [3.63, 3.8) is 0 Å². The summed E-state index contributed by atoms with van der Waals surface area (Å²) in [7, 11) is -3.28. The lowest BCUT2D eigenvalue weighted by Crippen LogP contribution is -2.41. The van der Waals surface area contributed by atoms with E-state index in [0.29, 0.717) is 19.4 Å². The number of rotatable bonds is 4. The molecule has 21 heavy (non-hydrogen) atoms. The van der Waals surface area contributed by atoms with E-state index in [-0.39, 0.29) is 16.9 Å². The standard InChI is InChI=1S/C15H21F2NO2S/c1-3-18-15(14-6-4-5-7-21(14,19)20)11-9-12(16)10(2)8-13(11)17/h8-9,14-15,18H,3-7H2,1-2H3. The van der Waals surface area contributed by atoms with Crippen molar-refractivity contribution < 1.29 is 17.2 Å². The van der Waals surface area contributed by atoms with Gasteiger partial charge in [0.2, 0.25) is 0 Å². The SMILES string of the molecule is CCNC(c1cc(F)c(C)cc1F)C1CCCCS1(=O)=O.